The van der Waals surface area contributed by atoms with E-state index in [0.717, 1.165) is 29.9 Å². The van der Waals surface area contributed by atoms with Crippen LogP contribution in [0.2, 0.25) is 0 Å². The molecule has 0 fully saturated rings. The predicted molar refractivity (Wildman–Crippen MR) is 81.7 cm³/mol. The first-order valence-electron chi connectivity index (χ1n) is 6.82. The van der Waals surface area contributed by atoms with Crippen LogP contribution in [0.5, 0.6) is 0 Å². The summed E-state index contributed by atoms with van der Waals surface area (Å²) in [7, 11) is -3.58. The number of hydrogen-bond donors (Lipinski definition) is 1. The highest BCUT2D eigenvalue weighted by Gasteiger charge is 2.16. The number of hydrazone groups is 1. The van der Waals surface area contributed by atoms with Crippen molar-refractivity contribution in [3.8, 4) is 0 Å². The third-order valence-corrected chi connectivity index (χ3v) is 4.83. The Morgan fingerprint density at radius 1 is 1.19 bits per heavy atom. The van der Waals surface area contributed by atoms with E-state index in [-0.39, 0.29) is 4.90 Å². The van der Waals surface area contributed by atoms with Gasteiger partial charge in [-0.3, -0.25) is 0 Å². The molecule has 0 saturated carbocycles. The van der Waals surface area contributed by atoms with Gasteiger partial charge in [0, 0.05) is 37.0 Å². The van der Waals surface area contributed by atoms with Gasteiger partial charge in [0.05, 0.1) is 4.90 Å². The summed E-state index contributed by atoms with van der Waals surface area (Å²) < 4.78 is 26.5. The smallest absolute Gasteiger partial charge is 0.276 e. The Morgan fingerprint density at radius 2 is 1.95 bits per heavy atom. The zero-order chi connectivity index (χ0) is 14.9. The summed E-state index contributed by atoms with van der Waals surface area (Å²) in [5.74, 6) is 0. The van der Waals surface area contributed by atoms with Crippen molar-refractivity contribution in [2.24, 2.45) is 5.10 Å². The molecule has 1 N–H and O–H groups in total. The first kappa shape index (κ1) is 13.9. The fraction of sp³-hybridized carbons (Fsp3) is 0.267. The Morgan fingerprint density at radius 3 is 2.71 bits per heavy atom. The molecule has 1 aliphatic rings. The molecule has 0 atom stereocenters. The molecule has 110 valence electrons. The second kappa shape index (κ2) is 5.37. The molecule has 3 rings (SSSR count). The topological polar surface area (TPSA) is 63.5 Å². The molecule has 0 amide bonds. The van der Waals surface area contributed by atoms with Crippen LogP contribution in [0.25, 0.3) is 0 Å². The van der Waals surface area contributed by atoms with Gasteiger partial charge in [-0.15, -0.1) is 0 Å². The normalized spacial score (nSPS) is 16.7. The molecule has 2 heterocycles. The standard InChI is InChI=1S/C15H17N3O2S/c1-12-4-6-15(7-5-12)21(19,20)17-16-13-8-10-18-9-2-3-14(18)11-13/h2-7,9,17H,8,10-11H2,1H3/b16-13+. The molecule has 0 spiro atoms. The number of fused-ring (bicyclic) bond motifs is 1. The predicted octanol–water partition coefficient (Wildman–Crippen LogP) is 2.08. The van der Waals surface area contributed by atoms with Crippen LogP contribution in [-0.4, -0.2) is 18.7 Å². The van der Waals surface area contributed by atoms with E-state index in [0.29, 0.717) is 6.42 Å². The fourth-order valence-corrected chi connectivity index (χ4v) is 3.21. The van der Waals surface area contributed by atoms with E-state index in [4.69, 9.17) is 0 Å². The van der Waals surface area contributed by atoms with Gasteiger partial charge in [0.15, 0.2) is 0 Å². The van der Waals surface area contributed by atoms with Crippen LogP contribution in [0.4, 0.5) is 0 Å². The van der Waals surface area contributed by atoms with Crippen molar-refractivity contribution < 1.29 is 8.42 Å². The fourth-order valence-electron chi connectivity index (χ4n) is 2.37. The number of nitrogens with one attached hydrogen (secondary N) is 1. The number of aryl methyl sites for hydroxylation is 2. The van der Waals surface area contributed by atoms with Crippen molar-refractivity contribution in [1.82, 2.24) is 9.40 Å². The van der Waals surface area contributed by atoms with Crippen molar-refractivity contribution in [2.75, 3.05) is 0 Å². The largest absolute Gasteiger partial charge is 0.351 e. The van der Waals surface area contributed by atoms with Crippen molar-refractivity contribution >= 4 is 15.7 Å². The lowest BCUT2D eigenvalue weighted by atomic mass is 10.1. The van der Waals surface area contributed by atoms with Crippen LogP contribution >= 0.6 is 0 Å². The summed E-state index contributed by atoms with van der Waals surface area (Å²) >= 11 is 0. The van der Waals surface area contributed by atoms with Crippen LogP contribution in [0.15, 0.2) is 52.6 Å². The molecule has 0 bridgehead atoms. The molecule has 21 heavy (non-hydrogen) atoms. The maximum Gasteiger partial charge on any atom is 0.276 e. The second-order valence-electron chi connectivity index (χ2n) is 5.21. The monoisotopic (exact) mass is 303 g/mol. The van der Waals surface area contributed by atoms with Crippen LogP contribution in [0, 0.1) is 6.92 Å². The molecule has 1 aliphatic heterocycles. The highest BCUT2D eigenvalue weighted by molar-refractivity contribution is 7.89. The Hall–Kier alpha value is -2.08. The lowest BCUT2D eigenvalue weighted by molar-refractivity contribution is 0.583. The van der Waals surface area contributed by atoms with Gasteiger partial charge in [-0.25, -0.2) is 4.83 Å². The van der Waals surface area contributed by atoms with Gasteiger partial charge in [-0.05, 0) is 31.2 Å². The van der Waals surface area contributed by atoms with E-state index in [1.54, 1.807) is 24.3 Å². The molecule has 2 aromatic rings. The number of nitrogens with zero attached hydrogens (tertiary/aromatic N) is 2. The number of rotatable bonds is 3. The van der Waals surface area contributed by atoms with Gasteiger partial charge in [-0.2, -0.15) is 13.5 Å². The molecular weight excluding hydrogens is 286 g/mol. The van der Waals surface area contributed by atoms with Gasteiger partial charge in [0.25, 0.3) is 10.0 Å². The van der Waals surface area contributed by atoms with E-state index in [1.807, 2.05) is 25.3 Å². The van der Waals surface area contributed by atoms with Gasteiger partial charge < -0.3 is 4.57 Å². The molecule has 6 heteroatoms. The van der Waals surface area contributed by atoms with Gasteiger partial charge in [0.2, 0.25) is 0 Å². The van der Waals surface area contributed by atoms with Crippen molar-refractivity contribution in [3.05, 3.63) is 53.9 Å². The molecule has 0 unspecified atom stereocenters. The first-order valence-corrected chi connectivity index (χ1v) is 8.31. The summed E-state index contributed by atoms with van der Waals surface area (Å²) in [5, 5.41) is 4.10. The SMILES string of the molecule is Cc1ccc(S(=O)(=O)N/N=C2\CCn3cccc3C2)cc1. The zero-order valence-electron chi connectivity index (χ0n) is 11.8. The molecule has 0 saturated heterocycles. The lowest BCUT2D eigenvalue weighted by Gasteiger charge is -2.17. The number of benzene rings is 1. The van der Waals surface area contributed by atoms with Gasteiger partial charge >= 0.3 is 0 Å². The number of aromatic nitrogens is 1. The summed E-state index contributed by atoms with van der Waals surface area (Å²) in [6.07, 6.45) is 3.48. The third kappa shape index (κ3) is 3.00. The van der Waals surface area contributed by atoms with E-state index in [9.17, 15) is 8.42 Å². The molecule has 1 aromatic carbocycles. The van der Waals surface area contributed by atoms with Crippen molar-refractivity contribution in [3.63, 3.8) is 0 Å². The Bertz CT molecular complexity index is 774. The first-order chi connectivity index (χ1) is 10.0. The zero-order valence-corrected chi connectivity index (χ0v) is 12.6. The highest BCUT2D eigenvalue weighted by atomic mass is 32.2. The molecule has 1 aromatic heterocycles. The maximum absolute atomic E-state index is 12.2. The van der Waals surface area contributed by atoms with Crippen LogP contribution in [0.3, 0.4) is 0 Å². The second-order valence-corrected chi connectivity index (χ2v) is 6.87. The van der Waals surface area contributed by atoms with Crippen molar-refractivity contribution in [1.29, 1.82) is 0 Å². The number of sulfonamides is 1. The third-order valence-electron chi connectivity index (χ3n) is 3.61. The van der Waals surface area contributed by atoms with Crippen LogP contribution in [-0.2, 0) is 23.0 Å². The Labute approximate surface area is 124 Å². The van der Waals surface area contributed by atoms with Crippen LogP contribution < -0.4 is 4.83 Å². The Balaban J connectivity index is 1.75. The van der Waals surface area contributed by atoms with E-state index >= 15 is 0 Å². The maximum atomic E-state index is 12.2. The van der Waals surface area contributed by atoms with Crippen molar-refractivity contribution in [2.45, 2.75) is 31.2 Å². The minimum Gasteiger partial charge on any atom is -0.351 e. The average molecular weight is 303 g/mol. The van der Waals surface area contributed by atoms with Gasteiger partial charge in [0.1, 0.15) is 0 Å². The summed E-state index contributed by atoms with van der Waals surface area (Å²) in [5.41, 5.74) is 3.04. The highest BCUT2D eigenvalue weighted by Crippen LogP contribution is 2.14. The summed E-state index contributed by atoms with van der Waals surface area (Å²) in [6, 6.07) is 10.7. The van der Waals surface area contributed by atoms with E-state index in [2.05, 4.69) is 14.5 Å². The minimum absolute atomic E-state index is 0.233. The lowest BCUT2D eigenvalue weighted by Crippen LogP contribution is -2.24. The molecule has 0 aliphatic carbocycles. The summed E-state index contributed by atoms with van der Waals surface area (Å²) in [6.45, 7) is 2.76. The minimum atomic E-state index is -3.58. The molecular formula is C15H17N3O2S. The molecule has 5 nitrogen and oxygen atoms in total. The quantitative estimate of drug-likeness (QED) is 0.882. The summed E-state index contributed by atoms with van der Waals surface area (Å²) in [4.78, 5) is 2.57. The Kier molecular flexibility index (Phi) is 3.55. The van der Waals surface area contributed by atoms with E-state index in [1.165, 1.54) is 0 Å². The van der Waals surface area contributed by atoms with Gasteiger partial charge in [-0.1, -0.05) is 17.7 Å². The number of hydrogen-bond acceptors (Lipinski definition) is 3. The van der Waals surface area contributed by atoms with Crippen LogP contribution in [0.1, 0.15) is 17.7 Å². The average Bonchev–Trinajstić information content (AvgIpc) is 2.93. The van der Waals surface area contributed by atoms with E-state index < -0.39 is 10.0 Å². The molecule has 0 radical (unpaired) electrons.